The summed E-state index contributed by atoms with van der Waals surface area (Å²) in [6, 6.07) is 13.6. The monoisotopic (exact) mass is 1450 g/mol. The maximum atomic E-state index is 15.6. The number of anilines is 1. The summed E-state index contributed by atoms with van der Waals surface area (Å²) in [5, 5.41) is 1.67. The Kier molecular flexibility index (Phi) is 20.4. The number of carbonyl (C=O) groups is 4. The maximum Gasteiger partial charge on any atom is 0.313 e. The van der Waals surface area contributed by atoms with Crippen molar-refractivity contribution in [2.45, 2.75) is 214 Å². The van der Waals surface area contributed by atoms with E-state index < -0.39 is 117 Å². The first-order valence-electron chi connectivity index (χ1n) is 33.8. The van der Waals surface area contributed by atoms with E-state index in [9.17, 15) is 31.8 Å². The number of aromatic nitrogens is 4. The number of hydrogen-bond donors (Lipinski definition) is 2. The summed E-state index contributed by atoms with van der Waals surface area (Å²) in [7, 11) is -8.50. The first kappa shape index (κ1) is 75.6. The number of ketones is 2. The standard InChI is InChI=1S/C29H37FN4O5S.C23H28FN5O3S.C20H26FN3O3S/c1-8-38-25-17-31-21(16-32-25)22(35)14-18-9-10-20(30)19(13-18)29(7)24-11-12-33-40(24,37)28(5,6)23(34-29)15-26(36)39-27(2,3)4;1-5-32-20-13-26-17(12-27-20)18(30)11-14-6-7-16(24)15(10-14)23(4)19-8-9-28-33(19,31)22(2,3)21(25)29-23;1-18(2)15-11-17(25)27-19(3,4)23-12-6-7-14(21)13(10-12)20(5,24-15)16-8-9-22-28(16,18)26/h9-10,13,16-17,24H,8,11-12,14-15H2,1-7H3;6-7,10,12-13,19H,5,8-9,11H2,1-4H3,(H2,25,29);6-7,10,16,23H,8-9,11H2,1-5H3/t24-,29+,40+;19-,23+,33+;16-,20+,28+/m000/s1. The van der Waals surface area contributed by atoms with Crippen molar-refractivity contribution < 1.29 is 63.9 Å². The highest BCUT2D eigenvalue weighted by Gasteiger charge is 2.60. The average Bonchev–Trinajstić information content (AvgIpc) is 1.68. The Morgan fingerprint density at radius 1 is 0.574 bits per heavy atom. The zero-order valence-corrected chi connectivity index (χ0v) is 62.6. The summed E-state index contributed by atoms with van der Waals surface area (Å²) in [6.45, 7) is 30.6. The molecule has 7 aliphatic heterocycles. The summed E-state index contributed by atoms with van der Waals surface area (Å²) in [6.07, 6.45) is 6.73. The van der Waals surface area contributed by atoms with Crippen molar-refractivity contribution >= 4 is 75.6 Å². The number of ether oxygens (including phenoxy) is 4. The van der Waals surface area contributed by atoms with E-state index in [0.717, 1.165) is 0 Å². The Hall–Kier alpha value is -8.05. The topological polar surface area (TPSA) is 320 Å². The molecule has 0 amide bonds. The zero-order chi connectivity index (χ0) is 74.1. The lowest BCUT2D eigenvalue weighted by Gasteiger charge is -2.46. The minimum atomic E-state index is -2.95. The molecule has 0 spiro atoms. The molecule has 7 aliphatic rings. The van der Waals surface area contributed by atoms with Gasteiger partial charge in [0, 0.05) is 66.3 Å². The number of hydrogen-bond acceptors (Lipinski definition) is 23. The molecule has 0 saturated carbocycles. The molecule has 0 aliphatic carbocycles. The largest absolute Gasteiger partial charge is 0.477 e. The highest BCUT2D eigenvalue weighted by atomic mass is 32.2. The van der Waals surface area contributed by atoms with Gasteiger partial charge in [0.25, 0.3) is 0 Å². The van der Waals surface area contributed by atoms with Crippen LogP contribution >= 0.6 is 0 Å². The van der Waals surface area contributed by atoms with Gasteiger partial charge in [-0.25, -0.2) is 58.8 Å². The summed E-state index contributed by atoms with van der Waals surface area (Å²) < 4.78 is 121. The number of nitrogens with two attached hydrogens (primary N) is 1. The number of nitrogens with one attached hydrogen (secondary N) is 1. The minimum Gasteiger partial charge on any atom is -0.477 e. The van der Waals surface area contributed by atoms with Crippen LogP contribution < -0.4 is 20.5 Å². The van der Waals surface area contributed by atoms with Crippen LogP contribution in [0.2, 0.25) is 0 Å². The van der Waals surface area contributed by atoms with Crippen molar-refractivity contribution in [3.05, 3.63) is 136 Å². The molecule has 5 aromatic rings. The number of nitrogens with zero attached hydrogens (tertiary/aromatic N) is 10. The molecule has 544 valence electrons. The molecule has 0 unspecified atom stereocenters. The number of rotatable bonds is 14. The van der Waals surface area contributed by atoms with E-state index in [1.807, 2.05) is 34.6 Å². The number of carbonyl (C=O) groups excluding carboxylic acids is 4. The molecule has 29 heteroatoms. The van der Waals surface area contributed by atoms with Gasteiger partial charge in [-0.15, -0.1) is 0 Å². The quantitative estimate of drug-likeness (QED) is 0.0770. The van der Waals surface area contributed by atoms with Crippen LogP contribution in [0, 0.1) is 17.5 Å². The van der Waals surface area contributed by atoms with Crippen molar-refractivity contribution in [3.8, 4) is 11.8 Å². The van der Waals surface area contributed by atoms with E-state index in [4.69, 9.17) is 34.7 Å². The number of esters is 2. The van der Waals surface area contributed by atoms with Crippen molar-refractivity contribution in [1.29, 1.82) is 0 Å². The summed E-state index contributed by atoms with van der Waals surface area (Å²) in [5.74, 6) is -2.10. The molecule has 4 bridgehead atoms. The molecule has 12 rings (SSSR count). The van der Waals surface area contributed by atoms with E-state index in [1.54, 1.807) is 106 Å². The molecule has 0 radical (unpaired) electrons. The number of benzene rings is 3. The Morgan fingerprint density at radius 3 is 1.45 bits per heavy atom. The molecule has 0 fully saturated rings. The first-order valence-corrected chi connectivity index (χ1v) is 38.5. The van der Waals surface area contributed by atoms with Gasteiger partial charge in [0.1, 0.15) is 61.6 Å². The lowest BCUT2D eigenvalue weighted by molar-refractivity contribution is -0.154. The van der Waals surface area contributed by atoms with Crippen molar-refractivity contribution in [2.75, 3.05) is 38.2 Å². The number of Topliss-reactive ketones (excluding diaryl/α,β-unsaturated/α-hetero) is 2. The van der Waals surface area contributed by atoms with Gasteiger partial charge in [-0.3, -0.25) is 34.2 Å². The van der Waals surface area contributed by atoms with E-state index in [2.05, 4.69) is 43.3 Å². The van der Waals surface area contributed by atoms with E-state index in [1.165, 1.54) is 49.1 Å². The smallest absolute Gasteiger partial charge is 0.313 e. The molecule has 23 nitrogen and oxygen atoms in total. The summed E-state index contributed by atoms with van der Waals surface area (Å²) >= 11 is 0. The van der Waals surface area contributed by atoms with Gasteiger partial charge in [-0.05, 0) is 184 Å². The number of fused-ring (bicyclic) bond motifs is 8. The minimum absolute atomic E-state index is 0.00112. The van der Waals surface area contributed by atoms with Gasteiger partial charge in [0.2, 0.25) is 11.8 Å². The molecular weight excluding hydrogens is 1360 g/mol. The Labute approximate surface area is 589 Å². The van der Waals surface area contributed by atoms with Crippen LogP contribution in [-0.2, 0) is 77.7 Å². The fourth-order valence-corrected chi connectivity index (χ4v) is 24.2. The third-order valence-corrected chi connectivity index (χ3v) is 31.2. The number of halogens is 3. The third kappa shape index (κ3) is 13.9. The van der Waals surface area contributed by atoms with Crippen LogP contribution in [-0.4, -0.2) is 147 Å². The van der Waals surface area contributed by atoms with E-state index in [0.29, 0.717) is 97.7 Å². The lowest BCUT2D eigenvalue weighted by atomic mass is 9.84. The van der Waals surface area contributed by atoms with Crippen molar-refractivity contribution in [1.82, 2.24) is 19.9 Å². The number of aliphatic imine (C=N–C) groups is 3. The van der Waals surface area contributed by atoms with Crippen LogP contribution in [0.4, 0.5) is 18.9 Å². The summed E-state index contributed by atoms with van der Waals surface area (Å²) in [5.41, 5.74) is 4.82. The highest BCUT2D eigenvalue weighted by molar-refractivity contribution is 7.97. The second kappa shape index (κ2) is 27.3. The fraction of sp³-hybridized carbons (Fsp3) is 0.542. The first-order chi connectivity index (χ1) is 47.0. The maximum absolute atomic E-state index is 15.6. The predicted molar refractivity (Wildman–Crippen MR) is 383 cm³/mol. The van der Waals surface area contributed by atoms with E-state index in [-0.39, 0.29) is 65.6 Å². The van der Waals surface area contributed by atoms with Crippen LogP contribution in [0.15, 0.2) is 107 Å². The zero-order valence-electron chi connectivity index (χ0n) is 60.1. The van der Waals surface area contributed by atoms with Crippen molar-refractivity contribution in [2.24, 2.45) is 33.8 Å². The van der Waals surface area contributed by atoms with Crippen LogP contribution in [0.3, 0.4) is 0 Å². The number of amidine groups is 1. The van der Waals surface area contributed by atoms with Gasteiger partial charge >= 0.3 is 11.9 Å². The van der Waals surface area contributed by atoms with Gasteiger partial charge in [-0.1, -0.05) is 12.1 Å². The van der Waals surface area contributed by atoms with Gasteiger partial charge in [-0.2, -0.15) is 0 Å². The Morgan fingerprint density at radius 2 is 1.00 bits per heavy atom. The van der Waals surface area contributed by atoms with Gasteiger partial charge in [0.05, 0.1) is 105 Å². The SMILES string of the molecule is CC1(C)Nc2ccc(F)c(c2)[C@@]2(C)N=C(CC(=O)O1)C(C)(C)[S@@]1(=O)=NCC[C@@H]21.CCOc1cnc(C(=O)Cc2ccc(F)c([C@@]3(C)N=C(CC(=O)OC(C)(C)C)C(C)(C)[S@@]4(=O)=NCC[C@@H]34)c2)cn1.CCOc1cnc(C(=O)Cc2ccc(F)c([C@@]3(C)N=C(N)C(C)(C)[S@@]4(=O)=NCC[C@@H]34)c2)cn1. The molecule has 101 heavy (non-hydrogen) atoms. The van der Waals surface area contributed by atoms with Gasteiger partial charge < -0.3 is 30.0 Å². The van der Waals surface area contributed by atoms with Crippen LogP contribution in [0.25, 0.3) is 0 Å². The predicted octanol–water partition coefficient (Wildman–Crippen LogP) is 11.5. The molecule has 3 N–H and O–H groups in total. The summed E-state index contributed by atoms with van der Waals surface area (Å²) in [4.78, 5) is 82.2. The Bertz CT molecular complexity index is 4660. The molecule has 2 aromatic heterocycles. The molecule has 9 heterocycles. The molecule has 3 aromatic carbocycles. The Balaban J connectivity index is 0.000000166. The fourth-order valence-electron chi connectivity index (χ4n) is 14.5. The highest BCUT2D eigenvalue weighted by Crippen LogP contribution is 2.52. The molecule has 0 saturated heterocycles. The normalized spacial score (nSPS) is 29.0. The van der Waals surface area contributed by atoms with Crippen LogP contribution in [0.1, 0.15) is 192 Å². The average molecular weight is 1450 g/mol. The molecule has 9 atom stereocenters. The van der Waals surface area contributed by atoms with Crippen molar-refractivity contribution in [3.63, 3.8) is 0 Å². The van der Waals surface area contributed by atoms with E-state index >= 15 is 13.2 Å². The van der Waals surface area contributed by atoms with Crippen LogP contribution in [0.5, 0.6) is 11.8 Å². The number of cyclic esters (lactones) is 1. The third-order valence-electron chi connectivity index (χ3n) is 20.0. The second-order valence-electron chi connectivity index (χ2n) is 29.6. The molecular formula is C72H91F3N12O11S3. The van der Waals surface area contributed by atoms with Gasteiger partial charge in [0.15, 0.2) is 17.3 Å². The second-order valence-corrected chi connectivity index (χ2v) is 38.6. The lowest BCUT2D eigenvalue weighted by Crippen LogP contribution is -2.58.